The standard InChI is InChI=1S/C14H17NO5S/c1-21-8-9-3-2-4-10(7-9)13(18)15-11(14(19)20)5-6-12(16)17/h2-4,7,11H,5-6,8H2,1H3,(H,15,18)(H,16,17)(H,19,20)/t11-/m0/s1. The van der Waals surface area contributed by atoms with Gasteiger partial charge in [0.1, 0.15) is 6.04 Å². The van der Waals surface area contributed by atoms with Gasteiger partial charge < -0.3 is 15.5 Å². The van der Waals surface area contributed by atoms with Gasteiger partial charge in [-0.05, 0) is 30.4 Å². The molecule has 1 aromatic carbocycles. The molecular weight excluding hydrogens is 294 g/mol. The van der Waals surface area contributed by atoms with Crippen molar-refractivity contribution in [1.29, 1.82) is 0 Å². The van der Waals surface area contributed by atoms with Crippen molar-refractivity contribution in [2.45, 2.75) is 24.6 Å². The highest BCUT2D eigenvalue weighted by molar-refractivity contribution is 7.97. The fourth-order valence-electron chi connectivity index (χ4n) is 1.74. The van der Waals surface area contributed by atoms with Crippen LogP contribution < -0.4 is 5.32 Å². The van der Waals surface area contributed by atoms with Crippen molar-refractivity contribution in [3.05, 3.63) is 35.4 Å². The lowest BCUT2D eigenvalue weighted by atomic mass is 10.1. The molecule has 0 saturated heterocycles. The molecule has 0 saturated carbocycles. The van der Waals surface area contributed by atoms with Crippen molar-refractivity contribution in [3.63, 3.8) is 0 Å². The topological polar surface area (TPSA) is 104 Å². The van der Waals surface area contributed by atoms with Crippen LogP contribution in [0.2, 0.25) is 0 Å². The molecule has 0 aromatic heterocycles. The van der Waals surface area contributed by atoms with Crippen LogP contribution in [0.3, 0.4) is 0 Å². The second-order valence-electron chi connectivity index (χ2n) is 4.43. The first-order valence-corrected chi connectivity index (χ1v) is 7.66. The van der Waals surface area contributed by atoms with Gasteiger partial charge in [-0.25, -0.2) is 4.79 Å². The van der Waals surface area contributed by atoms with E-state index in [1.54, 1.807) is 30.0 Å². The van der Waals surface area contributed by atoms with Gasteiger partial charge >= 0.3 is 11.9 Å². The Morgan fingerprint density at radius 1 is 1.29 bits per heavy atom. The number of aliphatic carboxylic acids is 2. The number of hydrogen-bond donors (Lipinski definition) is 3. The normalized spacial score (nSPS) is 11.7. The van der Waals surface area contributed by atoms with Crippen LogP contribution in [-0.4, -0.2) is 40.4 Å². The third kappa shape index (κ3) is 5.86. The molecule has 1 rings (SSSR count). The number of benzene rings is 1. The average Bonchev–Trinajstić information content (AvgIpc) is 2.43. The number of rotatable bonds is 8. The highest BCUT2D eigenvalue weighted by Gasteiger charge is 2.21. The molecule has 1 atom stereocenters. The van der Waals surface area contributed by atoms with E-state index >= 15 is 0 Å². The lowest BCUT2D eigenvalue weighted by Crippen LogP contribution is -2.41. The Morgan fingerprint density at radius 2 is 2.00 bits per heavy atom. The van der Waals surface area contributed by atoms with Crippen molar-refractivity contribution in [1.82, 2.24) is 5.32 Å². The van der Waals surface area contributed by atoms with Crippen LogP contribution in [0.4, 0.5) is 0 Å². The lowest BCUT2D eigenvalue weighted by molar-refractivity contribution is -0.140. The van der Waals surface area contributed by atoms with Crippen LogP contribution >= 0.6 is 11.8 Å². The summed E-state index contributed by atoms with van der Waals surface area (Å²) in [6.07, 6.45) is 1.48. The summed E-state index contributed by atoms with van der Waals surface area (Å²) in [5, 5.41) is 19.9. The predicted octanol–water partition coefficient (Wildman–Crippen LogP) is 1.60. The molecule has 0 aliphatic carbocycles. The molecule has 0 spiro atoms. The molecule has 3 N–H and O–H groups in total. The Balaban J connectivity index is 2.74. The largest absolute Gasteiger partial charge is 0.481 e. The first kappa shape index (κ1) is 17.0. The van der Waals surface area contributed by atoms with Crippen LogP contribution in [-0.2, 0) is 15.3 Å². The Bertz CT molecular complexity index is 532. The molecule has 1 aromatic rings. The van der Waals surface area contributed by atoms with Gasteiger partial charge in [0, 0.05) is 17.7 Å². The second kappa shape index (κ2) is 8.31. The predicted molar refractivity (Wildman–Crippen MR) is 79.4 cm³/mol. The third-order valence-electron chi connectivity index (χ3n) is 2.75. The molecule has 7 heteroatoms. The molecule has 114 valence electrons. The third-order valence-corrected chi connectivity index (χ3v) is 3.37. The van der Waals surface area contributed by atoms with Gasteiger partial charge in [-0.2, -0.15) is 11.8 Å². The quantitative estimate of drug-likeness (QED) is 0.673. The molecule has 6 nitrogen and oxygen atoms in total. The summed E-state index contributed by atoms with van der Waals surface area (Å²) < 4.78 is 0. The van der Waals surface area contributed by atoms with Gasteiger partial charge in [0.05, 0.1) is 0 Å². The van der Waals surface area contributed by atoms with Crippen molar-refractivity contribution in [3.8, 4) is 0 Å². The molecule has 0 radical (unpaired) electrons. The molecule has 21 heavy (non-hydrogen) atoms. The molecule has 0 bridgehead atoms. The zero-order chi connectivity index (χ0) is 15.8. The van der Waals surface area contributed by atoms with Crippen LogP contribution in [0.5, 0.6) is 0 Å². The minimum atomic E-state index is -1.25. The van der Waals surface area contributed by atoms with E-state index in [1.165, 1.54) is 0 Å². The van der Waals surface area contributed by atoms with E-state index in [-0.39, 0.29) is 12.8 Å². The van der Waals surface area contributed by atoms with Crippen molar-refractivity contribution in [2.75, 3.05) is 6.26 Å². The lowest BCUT2D eigenvalue weighted by Gasteiger charge is -2.14. The molecule has 0 unspecified atom stereocenters. The van der Waals surface area contributed by atoms with E-state index in [2.05, 4.69) is 5.32 Å². The fraction of sp³-hybridized carbons (Fsp3) is 0.357. The van der Waals surface area contributed by atoms with Crippen LogP contribution in [0.25, 0.3) is 0 Å². The summed E-state index contributed by atoms with van der Waals surface area (Å²) in [5.41, 5.74) is 1.33. The maximum Gasteiger partial charge on any atom is 0.326 e. The van der Waals surface area contributed by atoms with E-state index in [4.69, 9.17) is 10.2 Å². The molecule has 1 amide bonds. The second-order valence-corrected chi connectivity index (χ2v) is 5.30. The number of carboxylic acids is 2. The van der Waals surface area contributed by atoms with Crippen LogP contribution in [0, 0.1) is 0 Å². The van der Waals surface area contributed by atoms with E-state index in [1.807, 2.05) is 12.3 Å². The number of amides is 1. The van der Waals surface area contributed by atoms with Gasteiger partial charge in [-0.1, -0.05) is 12.1 Å². The van der Waals surface area contributed by atoms with E-state index in [9.17, 15) is 14.4 Å². The Kier molecular flexibility index (Phi) is 6.74. The van der Waals surface area contributed by atoms with Crippen LogP contribution in [0.1, 0.15) is 28.8 Å². The maximum absolute atomic E-state index is 12.0. The number of carbonyl (C=O) groups is 3. The first-order valence-electron chi connectivity index (χ1n) is 6.27. The summed E-state index contributed by atoms with van der Waals surface area (Å²) in [7, 11) is 0. The number of carbonyl (C=O) groups excluding carboxylic acids is 1. The smallest absolute Gasteiger partial charge is 0.326 e. The van der Waals surface area contributed by atoms with Gasteiger partial charge in [0.25, 0.3) is 5.91 Å². The highest BCUT2D eigenvalue weighted by Crippen LogP contribution is 2.12. The number of hydrogen-bond acceptors (Lipinski definition) is 4. The summed E-state index contributed by atoms with van der Waals surface area (Å²) in [6.45, 7) is 0. The molecule has 0 fully saturated rings. The molecule has 0 aliphatic rings. The first-order chi connectivity index (χ1) is 9.93. The number of nitrogens with one attached hydrogen (secondary N) is 1. The van der Waals surface area contributed by atoms with Gasteiger partial charge in [-0.15, -0.1) is 0 Å². The summed E-state index contributed by atoms with van der Waals surface area (Å²) in [6, 6.07) is 5.69. The van der Waals surface area contributed by atoms with Gasteiger partial charge in [0.15, 0.2) is 0 Å². The minimum Gasteiger partial charge on any atom is -0.481 e. The van der Waals surface area contributed by atoms with Gasteiger partial charge in [-0.3, -0.25) is 9.59 Å². The summed E-state index contributed by atoms with van der Waals surface area (Å²) in [4.78, 5) is 33.6. The molecular formula is C14H17NO5S. The minimum absolute atomic E-state index is 0.152. The van der Waals surface area contributed by atoms with E-state index < -0.39 is 23.9 Å². The highest BCUT2D eigenvalue weighted by atomic mass is 32.2. The van der Waals surface area contributed by atoms with Crippen molar-refractivity contribution >= 4 is 29.6 Å². The van der Waals surface area contributed by atoms with Crippen molar-refractivity contribution < 1.29 is 24.6 Å². The molecule has 0 heterocycles. The summed E-state index contributed by atoms with van der Waals surface area (Å²) >= 11 is 1.61. The Morgan fingerprint density at radius 3 is 2.57 bits per heavy atom. The number of carboxylic acid groups (broad SMARTS) is 2. The SMILES string of the molecule is CSCc1cccc(C(=O)N[C@@H](CCC(=O)O)C(=O)O)c1. The average molecular weight is 311 g/mol. The fourth-order valence-corrected chi connectivity index (χ4v) is 2.25. The van der Waals surface area contributed by atoms with E-state index in [0.717, 1.165) is 11.3 Å². The Labute approximate surface area is 126 Å². The van der Waals surface area contributed by atoms with Crippen LogP contribution in [0.15, 0.2) is 24.3 Å². The Hall–Kier alpha value is -2.02. The van der Waals surface area contributed by atoms with E-state index in [0.29, 0.717) is 5.56 Å². The zero-order valence-electron chi connectivity index (χ0n) is 11.5. The summed E-state index contributed by atoms with van der Waals surface area (Å²) in [5.74, 6) is -2.11. The molecule has 0 aliphatic heterocycles. The van der Waals surface area contributed by atoms with Crippen molar-refractivity contribution in [2.24, 2.45) is 0 Å². The maximum atomic E-state index is 12.0. The number of thioether (sulfide) groups is 1. The van der Waals surface area contributed by atoms with Gasteiger partial charge in [0.2, 0.25) is 0 Å². The monoisotopic (exact) mass is 311 g/mol. The zero-order valence-corrected chi connectivity index (χ0v) is 12.4.